The Kier molecular flexibility index (Phi) is 10.1. The molecule has 0 spiro atoms. The second-order valence-corrected chi connectivity index (χ2v) is 9.68. The average molecular weight is 627 g/mol. The van der Waals surface area contributed by atoms with Crippen LogP contribution in [0.15, 0.2) is 66.6 Å². The Labute approximate surface area is 210 Å². The molecular weight excluding hydrogens is 594 g/mol. The normalized spacial score (nSPS) is 12.1. The molecule has 33 heavy (non-hydrogen) atoms. The molecule has 1 radical (unpaired) electrons. The molecule has 3 rings (SSSR count). The quantitative estimate of drug-likeness (QED) is 0.187. The van der Waals surface area contributed by atoms with Crippen molar-refractivity contribution in [3.8, 4) is 11.3 Å². The molecule has 0 aliphatic heterocycles. The van der Waals surface area contributed by atoms with E-state index in [4.69, 9.17) is 5.11 Å². The Morgan fingerprint density at radius 1 is 1.09 bits per heavy atom. The topological polar surface area (TPSA) is 50.2 Å². The summed E-state index contributed by atoms with van der Waals surface area (Å²) in [6.07, 6.45) is 2.82. The van der Waals surface area contributed by atoms with E-state index in [0.29, 0.717) is 0 Å². The number of nitrogens with zero attached hydrogens (tertiary/aromatic N) is 1. The van der Waals surface area contributed by atoms with E-state index in [-0.39, 0.29) is 37.2 Å². The third kappa shape index (κ3) is 8.17. The minimum atomic E-state index is -1.90. The van der Waals surface area contributed by atoms with Crippen molar-refractivity contribution in [2.75, 3.05) is 0 Å². The monoisotopic (exact) mass is 627 g/mol. The number of benzene rings is 2. The number of carbonyl (C=O) groups excluding carboxylic acids is 1. The summed E-state index contributed by atoms with van der Waals surface area (Å²) in [6.45, 7) is 12.5. The molecule has 5 heteroatoms. The smallest absolute Gasteiger partial charge is 0.195 e. The van der Waals surface area contributed by atoms with Gasteiger partial charge in [-0.1, -0.05) is 58.9 Å². The summed E-state index contributed by atoms with van der Waals surface area (Å²) >= 11 is 0. The first-order chi connectivity index (χ1) is 14.8. The van der Waals surface area contributed by atoms with Gasteiger partial charge in [-0.05, 0) is 41.8 Å². The number of aliphatic hydroxyl groups is 1. The molecule has 3 nitrogen and oxygen atoms in total. The zero-order valence-electron chi connectivity index (χ0n) is 20.4. The van der Waals surface area contributed by atoms with Gasteiger partial charge in [0.2, 0.25) is 0 Å². The van der Waals surface area contributed by atoms with Crippen LogP contribution in [0.3, 0.4) is 0 Å². The fourth-order valence-electron chi connectivity index (χ4n) is 2.88. The maximum atomic E-state index is 12.9. The first-order valence-corrected chi connectivity index (χ1v) is 10.8. The van der Waals surface area contributed by atoms with Gasteiger partial charge >= 0.3 is 0 Å². The van der Waals surface area contributed by atoms with Gasteiger partial charge in [-0.3, -0.25) is 4.79 Å². The number of fused-ring (bicyclic) bond motifs is 1. The minimum Gasteiger partial charge on any atom is -0.512 e. The fraction of sp³-hybridized carbons (Fsp3) is 0.357. The summed E-state index contributed by atoms with van der Waals surface area (Å²) in [5.74, 6) is -0.921. The van der Waals surface area contributed by atoms with Crippen molar-refractivity contribution in [3.63, 3.8) is 0 Å². The summed E-state index contributed by atoms with van der Waals surface area (Å²) in [6, 6.07) is 20.1. The number of hydrogen-bond donors (Lipinski definition) is 1. The molecule has 179 valence electrons. The van der Waals surface area contributed by atoms with Crippen molar-refractivity contribution < 1.29 is 34.4 Å². The number of ketones is 1. The number of allylic oxidation sites excluding steroid dienone is 2. The van der Waals surface area contributed by atoms with Crippen LogP contribution in [0, 0.1) is 12.0 Å². The third-order valence-corrected chi connectivity index (χ3v) is 5.05. The Morgan fingerprint density at radius 2 is 1.73 bits per heavy atom. The van der Waals surface area contributed by atoms with Crippen molar-refractivity contribution in [3.05, 3.63) is 78.2 Å². The van der Waals surface area contributed by atoms with Crippen LogP contribution in [-0.2, 0) is 30.3 Å². The van der Waals surface area contributed by atoms with Gasteiger partial charge in [0.15, 0.2) is 11.5 Å². The van der Waals surface area contributed by atoms with E-state index in [1.807, 2.05) is 18.3 Å². The van der Waals surface area contributed by atoms with Crippen LogP contribution in [-0.4, -0.2) is 21.5 Å². The number of rotatable bonds is 4. The molecule has 0 bridgehead atoms. The van der Waals surface area contributed by atoms with Gasteiger partial charge in [0, 0.05) is 38.3 Å². The maximum absolute atomic E-state index is 12.9. The first-order valence-electron chi connectivity index (χ1n) is 10.8. The van der Waals surface area contributed by atoms with Crippen molar-refractivity contribution in [2.24, 2.45) is 5.92 Å². The third-order valence-electron chi connectivity index (χ3n) is 5.05. The van der Waals surface area contributed by atoms with Gasteiger partial charge < -0.3 is 10.1 Å². The number of halogens is 1. The summed E-state index contributed by atoms with van der Waals surface area (Å²) < 4.78 is 12.9. The molecule has 1 N–H and O–H groups in total. The molecule has 1 heterocycles. The molecule has 0 aliphatic carbocycles. The van der Waals surface area contributed by atoms with Gasteiger partial charge in [0.1, 0.15) is 0 Å². The molecule has 0 amide bonds. The number of carbonyl (C=O) groups is 1. The largest absolute Gasteiger partial charge is 0.512 e. The van der Waals surface area contributed by atoms with E-state index < -0.39 is 11.5 Å². The van der Waals surface area contributed by atoms with Crippen LogP contribution in [0.4, 0.5) is 4.39 Å². The molecule has 0 saturated heterocycles. The molecule has 0 fully saturated rings. The second kappa shape index (κ2) is 11.7. The minimum absolute atomic E-state index is 0. The van der Waals surface area contributed by atoms with Crippen molar-refractivity contribution in [2.45, 2.75) is 59.5 Å². The predicted molar refractivity (Wildman–Crippen MR) is 130 cm³/mol. The van der Waals surface area contributed by atoms with Crippen LogP contribution in [0.25, 0.3) is 22.0 Å². The molecule has 1 aromatic heterocycles. The molecule has 0 saturated carbocycles. The van der Waals surface area contributed by atoms with Crippen molar-refractivity contribution in [1.29, 1.82) is 0 Å². The SMILES string of the molecule is CC(C)(C)c1cc[c-]c(-c2nccc3ccccc23)c1.CC(C)/C(O)=C/C(=O)C(C)(C)F.[Ir]. The molecule has 2 aromatic carbocycles. The Morgan fingerprint density at radius 3 is 2.30 bits per heavy atom. The van der Waals surface area contributed by atoms with Crippen LogP contribution >= 0.6 is 0 Å². The summed E-state index contributed by atoms with van der Waals surface area (Å²) in [4.78, 5) is 15.5. The van der Waals surface area contributed by atoms with Crippen molar-refractivity contribution >= 4 is 16.6 Å². The van der Waals surface area contributed by atoms with E-state index >= 15 is 0 Å². The number of pyridine rings is 1. The van der Waals surface area contributed by atoms with Gasteiger partial charge in [-0.25, -0.2) is 4.39 Å². The zero-order valence-corrected chi connectivity index (χ0v) is 22.8. The average Bonchev–Trinajstić information content (AvgIpc) is 2.72. The van der Waals surface area contributed by atoms with E-state index in [1.54, 1.807) is 13.8 Å². The summed E-state index contributed by atoms with van der Waals surface area (Å²) in [7, 11) is 0. The molecule has 0 atom stereocenters. The Balaban J connectivity index is 0.000000366. The number of aromatic nitrogens is 1. The van der Waals surface area contributed by atoms with Crippen LogP contribution < -0.4 is 0 Å². The number of aliphatic hydroxyl groups excluding tert-OH is 1. The van der Waals surface area contributed by atoms with Crippen LogP contribution in [0.5, 0.6) is 0 Å². The van der Waals surface area contributed by atoms with Crippen LogP contribution in [0.1, 0.15) is 54.0 Å². The maximum Gasteiger partial charge on any atom is 0.195 e. The van der Waals surface area contributed by atoms with E-state index in [2.05, 4.69) is 68.2 Å². The fourth-order valence-corrected chi connectivity index (χ4v) is 2.88. The standard InChI is InChI=1S/C19H18N.C9H15FO2.Ir/c1-19(2,3)16-9-6-8-15(13-16)18-17-10-5-4-7-14(17)11-12-20-18;1-6(2)7(11)5-8(12)9(3,4)10;/h4-7,9-13H,1-3H3;5-6,11H,1-4H3;/q-1;;/b;7-5-;. The Bertz CT molecular complexity index is 1100. The first kappa shape index (κ1) is 28.7. The molecule has 3 aromatic rings. The van der Waals surface area contributed by atoms with Gasteiger partial charge in [0.05, 0.1) is 5.76 Å². The summed E-state index contributed by atoms with van der Waals surface area (Å²) in [5.41, 5.74) is 1.61. The van der Waals surface area contributed by atoms with Crippen LogP contribution in [0.2, 0.25) is 0 Å². The van der Waals surface area contributed by atoms with Gasteiger partial charge in [-0.2, -0.15) is 0 Å². The predicted octanol–water partition coefficient (Wildman–Crippen LogP) is 7.40. The second-order valence-electron chi connectivity index (χ2n) is 9.68. The van der Waals surface area contributed by atoms with Gasteiger partial charge in [0.25, 0.3) is 0 Å². The van der Waals surface area contributed by atoms with E-state index in [0.717, 1.165) is 17.3 Å². The number of alkyl halides is 1. The van der Waals surface area contributed by atoms with E-state index in [1.165, 1.54) is 30.2 Å². The van der Waals surface area contributed by atoms with Gasteiger partial charge in [-0.15, -0.1) is 35.4 Å². The van der Waals surface area contributed by atoms with E-state index in [9.17, 15) is 9.18 Å². The Hall–Kier alpha value is -2.36. The number of hydrogen-bond acceptors (Lipinski definition) is 3. The molecule has 0 unspecified atom stereocenters. The zero-order chi connectivity index (χ0) is 24.1. The molecule has 0 aliphatic rings. The summed E-state index contributed by atoms with van der Waals surface area (Å²) in [5, 5.41) is 11.5. The molecular formula is C28H33FIrNO2-. The van der Waals surface area contributed by atoms with Crippen molar-refractivity contribution in [1.82, 2.24) is 4.98 Å².